The van der Waals surface area contributed by atoms with Crippen molar-refractivity contribution in [2.24, 2.45) is 0 Å². The maximum absolute atomic E-state index is 11.8. The average Bonchev–Trinajstić information content (AvgIpc) is 2.15. The van der Waals surface area contributed by atoms with Gasteiger partial charge in [-0.2, -0.15) is 0 Å². The lowest BCUT2D eigenvalue weighted by Gasteiger charge is -2.23. The van der Waals surface area contributed by atoms with Gasteiger partial charge in [0.1, 0.15) is 0 Å². The maximum Gasteiger partial charge on any atom is 0.269 e. The van der Waals surface area contributed by atoms with Crippen LogP contribution in [0, 0.1) is 0 Å². The molecule has 0 saturated carbocycles. The molecule has 2 aromatic rings. The van der Waals surface area contributed by atoms with Gasteiger partial charge in [-0.15, -0.1) is 0 Å². The molecule has 0 N–H and O–H groups in total. The maximum atomic E-state index is 11.8. The normalized spacial score (nSPS) is 11.9. The van der Waals surface area contributed by atoms with Crippen LogP contribution in [0.5, 0.6) is 0 Å². The highest BCUT2D eigenvalue weighted by molar-refractivity contribution is 5.74. The van der Waals surface area contributed by atoms with Crippen molar-refractivity contribution in [3.63, 3.8) is 0 Å². The summed E-state index contributed by atoms with van der Waals surface area (Å²) in [5.41, 5.74) is 1.46. The minimum Gasteiger partial charge on any atom is -0.300 e. The van der Waals surface area contributed by atoms with E-state index < -0.39 is 0 Å². The fourth-order valence-electron chi connectivity index (χ4n) is 1.76. The van der Waals surface area contributed by atoms with Crippen molar-refractivity contribution in [1.29, 1.82) is 0 Å². The summed E-state index contributed by atoms with van der Waals surface area (Å²) in [6.07, 6.45) is 1.38. The number of rotatable bonds is 0. The smallest absolute Gasteiger partial charge is 0.269 e. The van der Waals surface area contributed by atoms with E-state index in [0.717, 1.165) is 11.0 Å². The van der Waals surface area contributed by atoms with Gasteiger partial charge >= 0.3 is 0 Å². The van der Waals surface area contributed by atoms with E-state index in [-0.39, 0.29) is 11.1 Å². The molecule has 1 heterocycles. The van der Waals surface area contributed by atoms with Crippen LogP contribution in [0.2, 0.25) is 0 Å². The molecule has 0 aliphatic carbocycles. The zero-order chi connectivity index (χ0) is 11.1. The Bertz CT molecular complexity index is 549. The molecule has 0 saturated heterocycles. The van der Waals surface area contributed by atoms with Gasteiger partial charge in [0.05, 0.1) is 17.2 Å². The van der Waals surface area contributed by atoms with Crippen molar-refractivity contribution < 1.29 is 0 Å². The zero-order valence-corrected chi connectivity index (χ0v) is 9.19. The van der Waals surface area contributed by atoms with Crippen molar-refractivity contribution in [3.8, 4) is 0 Å². The molecule has 0 amide bonds. The highest BCUT2D eigenvalue weighted by Gasteiger charge is 2.17. The predicted molar refractivity (Wildman–Crippen MR) is 61.0 cm³/mol. The molecule has 0 radical (unpaired) electrons. The number of hydrogen-bond donors (Lipinski definition) is 0. The summed E-state index contributed by atoms with van der Waals surface area (Å²) < 4.78 is 1.77. The SMILES string of the molecule is CC(C)(C)n1c(=O)cnc2ccccc21. The molecule has 78 valence electrons. The van der Waals surface area contributed by atoms with Crippen molar-refractivity contribution >= 4 is 11.0 Å². The van der Waals surface area contributed by atoms with Crippen LogP contribution in [0.3, 0.4) is 0 Å². The molecule has 0 unspecified atom stereocenters. The second kappa shape index (κ2) is 3.19. The monoisotopic (exact) mass is 202 g/mol. The van der Waals surface area contributed by atoms with E-state index in [1.54, 1.807) is 4.57 Å². The summed E-state index contributed by atoms with van der Waals surface area (Å²) in [6, 6.07) is 7.69. The third-order valence-electron chi connectivity index (χ3n) is 2.33. The molecule has 1 aromatic heterocycles. The topological polar surface area (TPSA) is 34.9 Å². The lowest BCUT2D eigenvalue weighted by Crippen LogP contribution is -2.33. The summed E-state index contributed by atoms with van der Waals surface area (Å²) in [5.74, 6) is 0. The summed E-state index contributed by atoms with van der Waals surface area (Å²) in [4.78, 5) is 15.9. The van der Waals surface area contributed by atoms with E-state index in [9.17, 15) is 4.79 Å². The van der Waals surface area contributed by atoms with Gasteiger partial charge in [-0.05, 0) is 32.9 Å². The van der Waals surface area contributed by atoms with E-state index in [2.05, 4.69) is 4.98 Å². The molecule has 2 rings (SSSR count). The predicted octanol–water partition coefficient (Wildman–Crippen LogP) is 2.15. The second-order valence-corrected chi connectivity index (χ2v) is 4.59. The number of fused-ring (bicyclic) bond motifs is 1. The van der Waals surface area contributed by atoms with Gasteiger partial charge in [0.25, 0.3) is 5.56 Å². The van der Waals surface area contributed by atoms with Crippen LogP contribution >= 0.6 is 0 Å². The first kappa shape index (κ1) is 9.90. The van der Waals surface area contributed by atoms with Gasteiger partial charge in [0, 0.05) is 5.54 Å². The van der Waals surface area contributed by atoms with E-state index in [0.29, 0.717) is 0 Å². The molecule has 0 aliphatic rings. The molecular formula is C12H14N2O. The Balaban J connectivity index is 2.93. The molecule has 15 heavy (non-hydrogen) atoms. The minimum absolute atomic E-state index is 0.0544. The molecular weight excluding hydrogens is 188 g/mol. The van der Waals surface area contributed by atoms with Crippen LogP contribution in [-0.4, -0.2) is 9.55 Å². The van der Waals surface area contributed by atoms with Crippen LogP contribution in [0.25, 0.3) is 11.0 Å². The Morgan fingerprint density at radius 1 is 1.20 bits per heavy atom. The van der Waals surface area contributed by atoms with E-state index in [1.807, 2.05) is 45.0 Å². The average molecular weight is 202 g/mol. The van der Waals surface area contributed by atoms with Crippen LogP contribution < -0.4 is 5.56 Å². The zero-order valence-electron chi connectivity index (χ0n) is 9.19. The first-order valence-corrected chi connectivity index (χ1v) is 4.97. The third kappa shape index (κ3) is 1.65. The van der Waals surface area contributed by atoms with Crippen LogP contribution in [-0.2, 0) is 5.54 Å². The van der Waals surface area contributed by atoms with E-state index in [1.165, 1.54) is 6.20 Å². The fraction of sp³-hybridized carbons (Fsp3) is 0.333. The molecule has 3 heteroatoms. The number of nitrogens with zero attached hydrogens (tertiary/aromatic N) is 2. The van der Waals surface area contributed by atoms with Crippen molar-refractivity contribution in [2.75, 3.05) is 0 Å². The Kier molecular flexibility index (Phi) is 2.11. The van der Waals surface area contributed by atoms with E-state index >= 15 is 0 Å². The number of para-hydroxylation sites is 2. The Labute approximate surface area is 88.4 Å². The lowest BCUT2D eigenvalue weighted by atomic mass is 10.1. The van der Waals surface area contributed by atoms with Gasteiger partial charge < -0.3 is 4.57 Å². The summed E-state index contributed by atoms with van der Waals surface area (Å²) in [7, 11) is 0. The number of hydrogen-bond acceptors (Lipinski definition) is 2. The van der Waals surface area contributed by atoms with Gasteiger partial charge in [0.15, 0.2) is 0 Å². The van der Waals surface area contributed by atoms with Gasteiger partial charge in [0.2, 0.25) is 0 Å². The van der Waals surface area contributed by atoms with Crippen molar-refractivity contribution in [1.82, 2.24) is 9.55 Å². The molecule has 0 atom stereocenters. The first-order valence-electron chi connectivity index (χ1n) is 4.97. The summed E-state index contributed by atoms with van der Waals surface area (Å²) >= 11 is 0. The van der Waals surface area contributed by atoms with Crippen molar-refractivity contribution in [2.45, 2.75) is 26.3 Å². The number of aromatic nitrogens is 2. The largest absolute Gasteiger partial charge is 0.300 e. The third-order valence-corrected chi connectivity index (χ3v) is 2.33. The Hall–Kier alpha value is -1.64. The minimum atomic E-state index is -0.223. The second-order valence-electron chi connectivity index (χ2n) is 4.59. The molecule has 0 aliphatic heterocycles. The van der Waals surface area contributed by atoms with E-state index in [4.69, 9.17) is 0 Å². The van der Waals surface area contributed by atoms with Crippen LogP contribution in [0.15, 0.2) is 35.3 Å². The van der Waals surface area contributed by atoms with Gasteiger partial charge in [-0.1, -0.05) is 12.1 Å². The quantitative estimate of drug-likeness (QED) is 0.656. The molecule has 0 spiro atoms. The summed E-state index contributed by atoms with van der Waals surface area (Å²) in [6.45, 7) is 6.04. The highest BCUT2D eigenvalue weighted by atomic mass is 16.1. The van der Waals surface area contributed by atoms with Gasteiger partial charge in [-0.25, -0.2) is 4.98 Å². The molecule has 1 aromatic carbocycles. The van der Waals surface area contributed by atoms with Crippen molar-refractivity contribution in [3.05, 3.63) is 40.8 Å². The molecule has 0 fully saturated rings. The lowest BCUT2D eigenvalue weighted by molar-refractivity contribution is 0.397. The van der Waals surface area contributed by atoms with Crippen LogP contribution in [0.4, 0.5) is 0 Å². The summed E-state index contributed by atoms with van der Waals surface area (Å²) in [5, 5.41) is 0. The Morgan fingerprint density at radius 2 is 1.87 bits per heavy atom. The standard InChI is InChI=1S/C12H14N2O/c1-12(2,3)14-10-7-5-4-6-9(10)13-8-11(14)15/h4-8H,1-3H3. The van der Waals surface area contributed by atoms with Gasteiger partial charge in [-0.3, -0.25) is 4.79 Å². The number of benzene rings is 1. The Morgan fingerprint density at radius 3 is 2.53 bits per heavy atom. The first-order chi connectivity index (χ1) is 7.00. The fourth-order valence-corrected chi connectivity index (χ4v) is 1.76. The van der Waals surface area contributed by atoms with Crippen LogP contribution in [0.1, 0.15) is 20.8 Å². The molecule has 3 nitrogen and oxygen atoms in total. The molecule has 0 bridgehead atoms. The highest BCUT2D eigenvalue weighted by Crippen LogP contribution is 2.17.